The maximum Gasteiger partial charge on any atom is 0.256 e. The first-order valence-electron chi connectivity index (χ1n) is 5.54. The van der Waals surface area contributed by atoms with Crippen molar-refractivity contribution in [3.05, 3.63) is 44.0 Å². The van der Waals surface area contributed by atoms with Gasteiger partial charge in [0.05, 0.1) is 24.6 Å². The number of fused-ring (bicyclic) bond motifs is 1. The molecule has 3 rings (SSSR count). The standard InChI is InChI=1S/C13H9BrN2OS2/c1-7-15-10-3-2-9(5-11(10)19-7)16-13(17)8-4-12(14)18-6-8/h2-6H,1H3,(H,16,17). The van der Waals surface area contributed by atoms with Gasteiger partial charge in [0.2, 0.25) is 0 Å². The summed E-state index contributed by atoms with van der Waals surface area (Å²) in [6, 6.07) is 7.58. The molecule has 3 aromatic rings. The van der Waals surface area contributed by atoms with E-state index in [1.54, 1.807) is 11.3 Å². The minimum atomic E-state index is -0.0949. The van der Waals surface area contributed by atoms with Crippen LogP contribution in [-0.4, -0.2) is 10.9 Å². The molecule has 0 aliphatic carbocycles. The fourth-order valence-corrected chi connectivity index (χ4v) is 3.75. The minimum absolute atomic E-state index is 0.0949. The molecule has 0 saturated heterocycles. The third-order valence-electron chi connectivity index (χ3n) is 2.58. The van der Waals surface area contributed by atoms with E-state index in [0.29, 0.717) is 5.56 Å². The van der Waals surface area contributed by atoms with Crippen LogP contribution in [-0.2, 0) is 0 Å². The van der Waals surface area contributed by atoms with Gasteiger partial charge in [0.15, 0.2) is 0 Å². The van der Waals surface area contributed by atoms with Crippen molar-refractivity contribution < 1.29 is 4.79 Å². The molecular formula is C13H9BrN2OS2. The summed E-state index contributed by atoms with van der Waals surface area (Å²) in [5.41, 5.74) is 2.43. The molecule has 1 N–H and O–H groups in total. The Hall–Kier alpha value is -1.24. The molecule has 0 spiro atoms. The van der Waals surface area contributed by atoms with Gasteiger partial charge in [0.1, 0.15) is 0 Å². The molecule has 19 heavy (non-hydrogen) atoms. The number of hydrogen-bond donors (Lipinski definition) is 1. The Labute approximate surface area is 126 Å². The van der Waals surface area contributed by atoms with Crippen LogP contribution < -0.4 is 5.32 Å². The van der Waals surface area contributed by atoms with Gasteiger partial charge in [-0.25, -0.2) is 4.98 Å². The van der Waals surface area contributed by atoms with Crippen molar-refractivity contribution in [2.24, 2.45) is 0 Å². The van der Waals surface area contributed by atoms with Crippen LogP contribution in [0.3, 0.4) is 0 Å². The Morgan fingerprint density at radius 1 is 1.37 bits per heavy atom. The van der Waals surface area contributed by atoms with Gasteiger partial charge in [0, 0.05) is 11.1 Å². The Morgan fingerprint density at radius 3 is 2.95 bits per heavy atom. The van der Waals surface area contributed by atoms with Crippen molar-refractivity contribution in [1.29, 1.82) is 0 Å². The molecule has 3 nitrogen and oxygen atoms in total. The van der Waals surface area contributed by atoms with Crippen molar-refractivity contribution in [3.63, 3.8) is 0 Å². The first kappa shape index (κ1) is 12.8. The number of nitrogens with one attached hydrogen (secondary N) is 1. The van der Waals surface area contributed by atoms with E-state index in [0.717, 1.165) is 24.7 Å². The second-order valence-corrected chi connectivity index (χ2v) is 7.53. The van der Waals surface area contributed by atoms with Crippen LogP contribution >= 0.6 is 38.6 Å². The zero-order valence-corrected chi connectivity index (χ0v) is 13.2. The lowest BCUT2D eigenvalue weighted by Gasteiger charge is -2.03. The number of carbonyl (C=O) groups is 1. The van der Waals surface area contributed by atoms with Crippen molar-refractivity contribution in [2.75, 3.05) is 5.32 Å². The smallest absolute Gasteiger partial charge is 0.256 e. The average Bonchev–Trinajstić information content (AvgIpc) is 2.93. The average molecular weight is 353 g/mol. The van der Waals surface area contributed by atoms with Gasteiger partial charge in [-0.3, -0.25) is 4.79 Å². The predicted octanol–water partition coefficient (Wildman–Crippen LogP) is 4.68. The molecule has 2 aromatic heterocycles. The van der Waals surface area contributed by atoms with Crippen molar-refractivity contribution in [2.45, 2.75) is 6.92 Å². The third-order valence-corrected chi connectivity index (χ3v) is 5.02. The Bertz CT molecular complexity index is 763. The van der Waals surface area contributed by atoms with E-state index in [9.17, 15) is 4.79 Å². The monoisotopic (exact) mass is 352 g/mol. The lowest BCUT2D eigenvalue weighted by atomic mass is 10.2. The molecule has 0 aliphatic rings. The van der Waals surface area contributed by atoms with Crippen molar-refractivity contribution in [1.82, 2.24) is 4.98 Å². The quantitative estimate of drug-likeness (QED) is 0.727. The van der Waals surface area contributed by atoms with Crippen LogP contribution in [0.5, 0.6) is 0 Å². The topological polar surface area (TPSA) is 42.0 Å². The molecule has 0 saturated carbocycles. The van der Waals surface area contributed by atoms with E-state index in [4.69, 9.17) is 0 Å². The van der Waals surface area contributed by atoms with Crippen LogP contribution in [0, 0.1) is 6.92 Å². The molecule has 1 amide bonds. The Kier molecular flexibility index (Phi) is 3.38. The highest BCUT2D eigenvalue weighted by Crippen LogP contribution is 2.26. The Balaban J connectivity index is 1.86. The number of halogens is 1. The second kappa shape index (κ2) is 5.03. The fraction of sp³-hybridized carbons (Fsp3) is 0.0769. The van der Waals surface area contributed by atoms with Gasteiger partial charge in [-0.1, -0.05) is 0 Å². The summed E-state index contributed by atoms with van der Waals surface area (Å²) in [7, 11) is 0. The zero-order valence-electron chi connectivity index (χ0n) is 9.94. The number of amides is 1. The van der Waals surface area contributed by atoms with Crippen LogP contribution in [0.4, 0.5) is 5.69 Å². The number of thiophene rings is 1. The van der Waals surface area contributed by atoms with E-state index in [2.05, 4.69) is 26.2 Å². The lowest BCUT2D eigenvalue weighted by molar-refractivity contribution is 0.102. The molecule has 0 fully saturated rings. The number of rotatable bonds is 2. The molecule has 0 radical (unpaired) electrons. The van der Waals surface area contributed by atoms with Gasteiger partial charge in [0.25, 0.3) is 5.91 Å². The summed E-state index contributed by atoms with van der Waals surface area (Å²) >= 11 is 6.48. The summed E-state index contributed by atoms with van der Waals surface area (Å²) in [5, 5.41) is 5.75. The number of benzene rings is 1. The molecule has 6 heteroatoms. The molecule has 1 aromatic carbocycles. The molecule has 0 unspecified atom stereocenters. The number of anilines is 1. The van der Waals surface area contributed by atoms with Crippen LogP contribution in [0.2, 0.25) is 0 Å². The van der Waals surface area contributed by atoms with E-state index in [-0.39, 0.29) is 5.91 Å². The molecular weight excluding hydrogens is 344 g/mol. The summed E-state index contributed by atoms with van der Waals surface area (Å²) < 4.78 is 2.04. The van der Waals surface area contributed by atoms with Crippen LogP contribution in [0.25, 0.3) is 10.2 Å². The number of carbonyl (C=O) groups excluding carboxylic acids is 1. The number of nitrogens with zero attached hydrogens (tertiary/aromatic N) is 1. The van der Waals surface area contributed by atoms with Crippen LogP contribution in [0.1, 0.15) is 15.4 Å². The maximum atomic E-state index is 12.0. The van der Waals surface area contributed by atoms with E-state index in [1.807, 2.05) is 36.6 Å². The molecule has 0 bridgehead atoms. The number of hydrogen-bond acceptors (Lipinski definition) is 4. The van der Waals surface area contributed by atoms with Gasteiger partial charge in [-0.05, 0) is 47.1 Å². The molecule has 2 heterocycles. The van der Waals surface area contributed by atoms with E-state index < -0.39 is 0 Å². The van der Waals surface area contributed by atoms with Crippen molar-refractivity contribution >= 4 is 60.4 Å². The Morgan fingerprint density at radius 2 is 2.21 bits per heavy atom. The molecule has 0 aliphatic heterocycles. The summed E-state index contributed by atoms with van der Waals surface area (Å²) in [6.07, 6.45) is 0. The van der Waals surface area contributed by atoms with E-state index >= 15 is 0 Å². The van der Waals surface area contributed by atoms with E-state index in [1.165, 1.54) is 11.3 Å². The number of thiazole rings is 1. The SMILES string of the molecule is Cc1nc2ccc(NC(=O)c3csc(Br)c3)cc2s1. The van der Waals surface area contributed by atoms with Gasteiger partial charge < -0.3 is 5.32 Å². The summed E-state index contributed by atoms with van der Waals surface area (Å²) in [4.78, 5) is 16.4. The van der Waals surface area contributed by atoms with Crippen molar-refractivity contribution in [3.8, 4) is 0 Å². The highest BCUT2D eigenvalue weighted by molar-refractivity contribution is 9.11. The molecule has 0 atom stereocenters. The normalized spacial score (nSPS) is 10.8. The number of aromatic nitrogens is 1. The highest BCUT2D eigenvalue weighted by atomic mass is 79.9. The van der Waals surface area contributed by atoms with Crippen LogP contribution in [0.15, 0.2) is 33.4 Å². The van der Waals surface area contributed by atoms with Gasteiger partial charge in [-0.15, -0.1) is 22.7 Å². The summed E-state index contributed by atoms with van der Waals surface area (Å²) in [6.45, 7) is 1.98. The number of aryl methyl sites for hydroxylation is 1. The minimum Gasteiger partial charge on any atom is -0.322 e. The first-order chi connectivity index (χ1) is 9.11. The summed E-state index contributed by atoms with van der Waals surface area (Å²) in [5.74, 6) is -0.0949. The second-order valence-electron chi connectivity index (χ2n) is 4.01. The van der Waals surface area contributed by atoms with Gasteiger partial charge in [-0.2, -0.15) is 0 Å². The van der Waals surface area contributed by atoms with Gasteiger partial charge >= 0.3 is 0 Å². The molecule has 96 valence electrons. The maximum absolute atomic E-state index is 12.0. The largest absolute Gasteiger partial charge is 0.322 e. The lowest BCUT2D eigenvalue weighted by Crippen LogP contribution is -2.10. The first-order valence-corrected chi connectivity index (χ1v) is 8.03. The fourth-order valence-electron chi connectivity index (χ4n) is 1.75. The predicted molar refractivity (Wildman–Crippen MR) is 84.3 cm³/mol. The highest BCUT2D eigenvalue weighted by Gasteiger charge is 2.09. The third kappa shape index (κ3) is 2.70. The zero-order chi connectivity index (χ0) is 13.4.